The lowest BCUT2D eigenvalue weighted by Crippen LogP contribution is -2.56. The molecular weight excluding hydrogens is 330 g/mol. The molecule has 0 saturated carbocycles. The van der Waals surface area contributed by atoms with Gasteiger partial charge in [-0.2, -0.15) is 0 Å². The van der Waals surface area contributed by atoms with Gasteiger partial charge in [0.2, 0.25) is 0 Å². The van der Waals surface area contributed by atoms with Gasteiger partial charge >= 0.3 is 0 Å². The van der Waals surface area contributed by atoms with Crippen LogP contribution in [-0.4, -0.2) is 58.9 Å². The molecule has 1 aromatic carbocycles. The summed E-state index contributed by atoms with van der Waals surface area (Å²) in [5.74, 6) is 0.0850. The first kappa shape index (κ1) is 17.2. The third kappa shape index (κ3) is 3.15. The van der Waals surface area contributed by atoms with Crippen LogP contribution in [0.15, 0.2) is 43.0 Å². The second-order valence-electron chi connectivity index (χ2n) is 7.09. The molecule has 6 nitrogen and oxygen atoms in total. The molecular formula is C20H25N3O3. The Kier molecular flexibility index (Phi) is 4.78. The van der Waals surface area contributed by atoms with Crippen LogP contribution < -0.4 is 0 Å². The largest absolute Gasteiger partial charge is 0.378 e. The molecule has 0 aliphatic carbocycles. The Balaban J connectivity index is 1.42. The average molecular weight is 355 g/mol. The minimum atomic E-state index is -0.213. The molecule has 2 aromatic rings. The molecule has 1 aromatic heterocycles. The molecule has 2 fully saturated rings. The quantitative estimate of drug-likeness (QED) is 0.849. The summed E-state index contributed by atoms with van der Waals surface area (Å²) in [6.45, 7) is 2.22. The third-order valence-corrected chi connectivity index (χ3v) is 5.69. The number of benzene rings is 1. The number of carbonyl (C=O) groups is 1. The predicted octanol–water partition coefficient (Wildman–Crippen LogP) is 2.67. The molecule has 26 heavy (non-hydrogen) atoms. The number of piperidine rings is 1. The van der Waals surface area contributed by atoms with Crippen molar-refractivity contribution >= 4 is 5.91 Å². The standard InChI is InChI=1S/C20H25N3O3/c1-25-18-3-2-14-26-20(18)8-11-22(12-9-20)19(24)16-4-6-17(7-5-16)23-13-10-21-15-23/h4-7,10,13,15,18H,2-3,8-9,11-12,14H2,1H3/t18-/m1/s1. The van der Waals surface area contributed by atoms with Crippen LogP contribution in [0.3, 0.4) is 0 Å². The zero-order valence-electron chi connectivity index (χ0n) is 15.1. The summed E-state index contributed by atoms with van der Waals surface area (Å²) in [7, 11) is 1.76. The fourth-order valence-corrected chi connectivity index (χ4v) is 4.16. The molecule has 6 heteroatoms. The fraction of sp³-hybridized carbons (Fsp3) is 0.500. The highest BCUT2D eigenvalue weighted by molar-refractivity contribution is 5.94. The summed E-state index contributed by atoms with van der Waals surface area (Å²) in [5, 5.41) is 0. The number of carbonyl (C=O) groups excluding carboxylic acids is 1. The van der Waals surface area contributed by atoms with E-state index in [9.17, 15) is 4.79 Å². The molecule has 2 aliphatic rings. The predicted molar refractivity (Wildman–Crippen MR) is 97.4 cm³/mol. The van der Waals surface area contributed by atoms with Gasteiger partial charge in [0.25, 0.3) is 5.91 Å². The van der Waals surface area contributed by atoms with Crippen LogP contribution in [0.2, 0.25) is 0 Å². The molecule has 0 radical (unpaired) electrons. The Morgan fingerprint density at radius 1 is 1.27 bits per heavy atom. The lowest BCUT2D eigenvalue weighted by molar-refractivity contribution is -0.183. The van der Waals surface area contributed by atoms with E-state index in [2.05, 4.69) is 4.98 Å². The highest BCUT2D eigenvalue weighted by atomic mass is 16.5. The Morgan fingerprint density at radius 2 is 2.04 bits per heavy atom. The van der Waals surface area contributed by atoms with Gasteiger partial charge in [-0.05, 0) is 49.9 Å². The van der Waals surface area contributed by atoms with Crippen molar-refractivity contribution in [1.82, 2.24) is 14.5 Å². The van der Waals surface area contributed by atoms with E-state index in [1.807, 2.05) is 39.9 Å². The molecule has 1 spiro atoms. The van der Waals surface area contributed by atoms with Gasteiger partial charge in [-0.1, -0.05) is 0 Å². The number of likely N-dealkylation sites (tertiary alicyclic amines) is 1. The van der Waals surface area contributed by atoms with Crippen LogP contribution in [0.25, 0.3) is 5.69 Å². The van der Waals surface area contributed by atoms with Crippen LogP contribution in [0, 0.1) is 0 Å². The summed E-state index contributed by atoms with van der Waals surface area (Å²) in [6, 6.07) is 7.67. The zero-order chi connectivity index (χ0) is 18.0. The molecule has 2 saturated heterocycles. The first-order valence-corrected chi connectivity index (χ1v) is 9.26. The first-order chi connectivity index (χ1) is 12.7. The molecule has 0 unspecified atom stereocenters. The number of hydrogen-bond donors (Lipinski definition) is 0. The van der Waals surface area contributed by atoms with Gasteiger partial charge in [-0.15, -0.1) is 0 Å². The van der Waals surface area contributed by atoms with Crippen LogP contribution >= 0.6 is 0 Å². The lowest BCUT2D eigenvalue weighted by Gasteiger charge is -2.48. The Hall–Kier alpha value is -2.18. The Morgan fingerprint density at radius 3 is 2.69 bits per heavy atom. The molecule has 138 valence electrons. The summed E-state index contributed by atoms with van der Waals surface area (Å²) in [6.07, 6.45) is 9.28. The fourth-order valence-electron chi connectivity index (χ4n) is 4.16. The van der Waals surface area contributed by atoms with Gasteiger partial charge in [0.05, 0.1) is 18.0 Å². The number of amides is 1. The summed E-state index contributed by atoms with van der Waals surface area (Å²) in [5.41, 5.74) is 1.50. The number of ether oxygens (including phenoxy) is 2. The van der Waals surface area contributed by atoms with Crippen LogP contribution in [0.1, 0.15) is 36.0 Å². The molecule has 0 bridgehead atoms. The third-order valence-electron chi connectivity index (χ3n) is 5.69. The van der Waals surface area contributed by atoms with E-state index in [0.29, 0.717) is 13.1 Å². The van der Waals surface area contributed by atoms with Crippen LogP contribution in [0.5, 0.6) is 0 Å². The first-order valence-electron chi connectivity index (χ1n) is 9.26. The molecule has 2 aliphatic heterocycles. The van der Waals surface area contributed by atoms with E-state index in [0.717, 1.165) is 43.5 Å². The van der Waals surface area contributed by atoms with E-state index >= 15 is 0 Å². The van der Waals surface area contributed by atoms with Crippen molar-refractivity contribution in [1.29, 1.82) is 0 Å². The van der Waals surface area contributed by atoms with Gasteiger partial charge in [0, 0.05) is 50.5 Å². The van der Waals surface area contributed by atoms with E-state index in [4.69, 9.17) is 9.47 Å². The molecule has 4 rings (SSSR count). The maximum Gasteiger partial charge on any atom is 0.253 e. The highest BCUT2D eigenvalue weighted by Gasteiger charge is 2.45. The van der Waals surface area contributed by atoms with E-state index in [-0.39, 0.29) is 17.6 Å². The van der Waals surface area contributed by atoms with Gasteiger partial charge in [0.15, 0.2) is 0 Å². The van der Waals surface area contributed by atoms with Crippen LogP contribution in [0.4, 0.5) is 0 Å². The average Bonchev–Trinajstić information content (AvgIpc) is 3.23. The SMILES string of the molecule is CO[C@@H]1CCCOC12CCN(C(=O)c1ccc(-n3ccnc3)cc1)CC2. The van der Waals surface area contributed by atoms with Crippen molar-refractivity contribution in [2.45, 2.75) is 37.4 Å². The van der Waals surface area contributed by atoms with Gasteiger partial charge in [-0.25, -0.2) is 4.98 Å². The molecule has 1 amide bonds. The van der Waals surface area contributed by atoms with Gasteiger partial charge in [-0.3, -0.25) is 4.79 Å². The van der Waals surface area contributed by atoms with Crippen molar-refractivity contribution in [3.8, 4) is 5.69 Å². The normalized spacial score (nSPS) is 22.5. The zero-order valence-corrected chi connectivity index (χ0v) is 15.1. The smallest absolute Gasteiger partial charge is 0.253 e. The number of hydrogen-bond acceptors (Lipinski definition) is 4. The summed E-state index contributed by atoms with van der Waals surface area (Å²) >= 11 is 0. The lowest BCUT2D eigenvalue weighted by atomic mass is 9.81. The minimum Gasteiger partial charge on any atom is -0.378 e. The Bertz CT molecular complexity index is 734. The maximum atomic E-state index is 12.9. The molecule has 3 heterocycles. The van der Waals surface area contributed by atoms with Crippen molar-refractivity contribution in [3.05, 3.63) is 48.5 Å². The van der Waals surface area contributed by atoms with Crippen molar-refractivity contribution in [2.24, 2.45) is 0 Å². The van der Waals surface area contributed by atoms with Crippen LogP contribution in [-0.2, 0) is 9.47 Å². The summed E-state index contributed by atoms with van der Waals surface area (Å²) in [4.78, 5) is 18.8. The van der Waals surface area contributed by atoms with E-state index < -0.39 is 0 Å². The highest BCUT2D eigenvalue weighted by Crippen LogP contribution is 2.37. The van der Waals surface area contributed by atoms with Gasteiger partial charge < -0.3 is 18.9 Å². The number of rotatable bonds is 3. The summed E-state index contributed by atoms with van der Waals surface area (Å²) < 4.78 is 13.7. The number of methoxy groups -OCH3 is 1. The Labute approximate surface area is 153 Å². The molecule has 1 atom stereocenters. The molecule has 0 N–H and O–H groups in total. The monoisotopic (exact) mass is 355 g/mol. The second-order valence-corrected chi connectivity index (χ2v) is 7.09. The van der Waals surface area contributed by atoms with Crippen molar-refractivity contribution < 1.29 is 14.3 Å². The van der Waals surface area contributed by atoms with Crippen molar-refractivity contribution in [2.75, 3.05) is 26.8 Å². The van der Waals surface area contributed by atoms with E-state index in [1.54, 1.807) is 19.6 Å². The topological polar surface area (TPSA) is 56.6 Å². The number of imidazole rings is 1. The number of nitrogens with zero attached hydrogens (tertiary/aromatic N) is 3. The van der Waals surface area contributed by atoms with Gasteiger partial charge in [0.1, 0.15) is 0 Å². The second kappa shape index (κ2) is 7.21. The van der Waals surface area contributed by atoms with Crippen molar-refractivity contribution in [3.63, 3.8) is 0 Å². The minimum absolute atomic E-state index is 0.0850. The number of aromatic nitrogens is 2. The van der Waals surface area contributed by atoms with E-state index in [1.165, 1.54) is 0 Å². The maximum absolute atomic E-state index is 12.9.